The summed E-state index contributed by atoms with van der Waals surface area (Å²) in [5, 5.41) is -2.11. The fraction of sp³-hybridized carbons (Fsp3) is 0.263. The lowest BCUT2D eigenvalue weighted by Gasteiger charge is -2.15. The highest BCUT2D eigenvalue weighted by Gasteiger charge is 2.32. The van der Waals surface area contributed by atoms with Crippen molar-refractivity contribution in [1.29, 1.82) is 0 Å². The number of rotatable bonds is 7. The van der Waals surface area contributed by atoms with Gasteiger partial charge in [0.15, 0.2) is 0 Å². The molecule has 0 unspecified atom stereocenters. The van der Waals surface area contributed by atoms with Crippen LogP contribution in [0.2, 0.25) is 5.02 Å². The third-order valence-corrected chi connectivity index (χ3v) is 6.49. The highest BCUT2D eigenvalue weighted by Crippen LogP contribution is 2.38. The van der Waals surface area contributed by atoms with E-state index >= 15 is 0 Å². The van der Waals surface area contributed by atoms with Gasteiger partial charge in [-0.1, -0.05) is 35.5 Å². The Labute approximate surface area is 171 Å². The zero-order valence-corrected chi connectivity index (χ0v) is 17.5. The predicted octanol–water partition coefficient (Wildman–Crippen LogP) is 5.18. The maximum atomic E-state index is 14.6. The van der Waals surface area contributed by atoms with Gasteiger partial charge in [0, 0.05) is 28.8 Å². The van der Waals surface area contributed by atoms with Crippen LogP contribution in [0.3, 0.4) is 0 Å². The Kier molecular flexibility index (Phi) is 5.93. The molecule has 0 bridgehead atoms. The van der Waals surface area contributed by atoms with Crippen molar-refractivity contribution in [3.05, 3.63) is 64.8 Å². The molecule has 0 aliphatic carbocycles. The zero-order valence-electron chi connectivity index (χ0n) is 15.2. The van der Waals surface area contributed by atoms with Crippen LogP contribution in [0, 0.1) is 0 Å². The molecule has 0 aliphatic heterocycles. The molecular weight excluding hydrogens is 428 g/mol. The van der Waals surface area contributed by atoms with Gasteiger partial charge >= 0.3 is 0 Å². The number of fused-ring (bicyclic) bond motifs is 1. The van der Waals surface area contributed by atoms with Crippen LogP contribution in [-0.4, -0.2) is 31.0 Å². The number of halogens is 3. The van der Waals surface area contributed by atoms with Crippen LogP contribution < -0.4 is 4.74 Å². The highest BCUT2D eigenvalue weighted by atomic mass is 35.5. The van der Waals surface area contributed by atoms with Crippen LogP contribution in [0.25, 0.3) is 10.9 Å². The van der Waals surface area contributed by atoms with Crippen molar-refractivity contribution in [2.45, 2.75) is 17.4 Å². The second kappa shape index (κ2) is 7.93. The molecule has 0 fully saturated rings. The van der Waals surface area contributed by atoms with E-state index < -0.39 is 21.7 Å². The number of thioether (sulfide) groups is 1. The molecule has 9 heteroatoms. The molecule has 0 radical (unpaired) electrons. The molecule has 0 N–H and O–H groups in total. The Morgan fingerprint density at radius 1 is 1.18 bits per heavy atom. The van der Waals surface area contributed by atoms with E-state index in [9.17, 15) is 17.2 Å². The summed E-state index contributed by atoms with van der Waals surface area (Å²) >= 11 is 6.31. The molecule has 3 aromatic rings. The fourth-order valence-corrected chi connectivity index (χ4v) is 4.62. The highest BCUT2D eigenvalue weighted by molar-refractivity contribution is 7.99. The number of hydrogen-bond donors (Lipinski definition) is 0. The molecule has 3 rings (SSSR count). The van der Waals surface area contributed by atoms with Crippen molar-refractivity contribution in [2.75, 3.05) is 13.4 Å². The van der Waals surface area contributed by atoms with Gasteiger partial charge in [0.1, 0.15) is 5.75 Å². The number of aromatic nitrogens is 1. The fourth-order valence-electron chi connectivity index (χ4n) is 2.83. The van der Waals surface area contributed by atoms with Crippen LogP contribution in [0.1, 0.15) is 11.1 Å². The minimum Gasteiger partial charge on any atom is -0.497 e. The van der Waals surface area contributed by atoms with E-state index in [1.165, 1.54) is 13.3 Å². The Bertz CT molecular complexity index is 1100. The Hall–Kier alpha value is -1.77. The number of alkyl halides is 2. The summed E-state index contributed by atoms with van der Waals surface area (Å²) in [4.78, 5) is 0. The van der Waals surface area contributed by atoms with Gasteiger partial charge in [-0.05, 0) is 41.5 Å². The smallest absolute Gasteiger partial charge is 0.298 e. The Balaban J connectivity index is 1.90. The lowest BCUT2D eigenvalue weighted by Crippen LogP contribution is -2.15. The Morgan fingerprint density at radius 2 is 1.86 bits per heavy atom. The van der Waals surface area contributed by atoms with E-state index in [-0.39, 0.29) is 11.3 Å². The van der Waals surface area contributed by atoms with Crippen LogP contribution in [0.15, 0.2) is 48.7 Å². The number of benzene rings is 2. The van der Waals surface area contributed by atoms with Gasteiger partial charge in [-0.3, -0.25) is 0 Å². The van der Waals surface area contributed by atoms with Crippen molar-refractivity contribution in [3.8, 4) is 5.75 Å². The van der Waals surface area contributed by atoms with E-state index in [2.05, 4.69) is 0 Å². The minimum atomic E-state index is -3.63. The molecule has 0 saturated heterocycles. The van der Waals surface area contributed by atoms with Gasteiger partial charge in [0.25, 0.3) is 5.25 Å². The van der Waals surface area contributed by atoms with Gasteiger partial charge in [-0.15, -0.1) is 0 Å². The van der Waals surface area contributed by atoms with Crippen molar-refractivity contribution >= 4 is 44.3 Å². The van der Waals surface area contributed by atoms with Gasteiger partial charge in [-0.2, -0.15) is 8.78 Å². The lowest BCUT2D eigenvalue weighted by atomic mass is 10.1. The van der Waals surface area contributed by atoms with E-state index in [1.807, 2.05) is 0 Å². The number of methoxy groups -OCH3 is 1. The van der Waals surface area contributed by atoms with E-state index in [1.54, 1.807) is 42.5 Å². The average molecular weight is 446 g/mol. The van der Waals surface area contributed by atoms with Gasteiger partial charge < -0.3 is 4.74 Å². The predicted molar refractivity (Wildman–Crippen MR) is 110 cm³/mol. The Morgan fingerprint density at radius 3 is 2.46 bits per heavy atom. The molecule has 0 aliphatic rings. The van der Waals surface area contributed by atoms with Crippen molar-refractivity contribution in [1.82, 2.24) is 3.97 Å². The standard InChI is InChI=1S/C19H18ClF2NO3S2/c1-26-16-7-8-18-17(9-16)14(11-23(18)28(2,24)25)10-19(21,22)27-12-13-3-5-15(20)6-4-13/h3-9,11H,10,12H2,1-2H3. The monoisotopic (exact) mass is 445 g/mol. The molecule has 1 heterocycles. The first kappa shape index (κ1) is 21.0. The summed E-state index contributed by atoms with van der Waals surface area (Å²) in [5.41, 5.74) is 1.32. The van der Waals surface area contributed by atoms with Gasteiger partial charge in [0.05, 0.1) is 18.9 Å². The maximum absolute atomic E-state index is 14.6. The third-order valence-electron chi connectivity index (χ3n) is 4.18. The average Bonchev–Trinajstić information content (AvgIpc) is 2.99. The molecule has 0 atom stereocenters. The first-order chi connectivity index (χ1) is 13.1. The molecule has 0 saturated carbocycles. The van der Waals surface area contributed by atoms with Crippen LogP contribution >= 0.6 is 23.4 Å². The second-order valence-corrected chi connectivity index (χ2v) is 9.80. The summed E-state index contributed by atoms with van der Waals surface area (Å²) in [6.45, 7) is 0. The van der Waals surface area contributed by atoms with E-state index in [0.717, 1.165) is 15.8 Å². The summed E-state index contributed by atoms with van der Waals surface area (Å²) in [6.07, 6.45) is 1.70. The number of hydrogen-bond acceptors (Lipinski definition) is 4. The lowest BCUT2D eigenvalue weighted by molar-refractivity contribution is 0.107. The summed E-state index contributed by atoms with van der Waals surface area (Å²) in [5.74, 6) is 0.579. The second-order valence-electron chi connectivity index (χ2n) is 6.33. The largest absolute Gasteiger partial charge is 0.497 e. The molecule has 4 nitrogen and oxygen atoms in total. The summed E-state index contributed by atoms with van der Waals surface area (Å²) in [7, 11) is -2.17. The minimum absolute atomic E-state index is 0.109. The first-order valence-corrected chi connectivity index (χ1v) is 11.4. The summed E-state index contributed by atoms with van der Waals surface area (Å²) < 4.78 is 59.5. The van der Waals surface area contributed by atoms with E-state index in [0.29, 0.717) is 33.4 Å². The van der Waals surface area contributed by atoms with Crippen molar-refractivity contribution in [3.63, 3.8) is 0 Å². The van der Waals surface area contributed by atoms with Crippen LogP contribution in [0.5, 0.6) is 5.75 Å². The maximum Gasteiger partial charge on any atom is 0.298 e. The first-order valence-electron chi connectivity index (χ1n) is 8.24. The quantitative estimate of drug-likeness (QED) is 0.502. The topological polar surface area (TPSA) is 48.3 Å². The number of nitrogens with zero attached hydrogens (tertiary/aromatic N) is 1. The molecular formula is C19H18ClF2NO3S2. The molecule has 0 amide bonds. The van der Waals surface area contributed by atoms with Gasteiger partial charge in [0.2, 0.25) is 10.0 Å². The number of ether oxygens (including phenoxy) is 1. The molecule has 0 spiro atoms. The molecule has 2 aromatic carbocycles. The van der Waals surface area contributed by atoms with Crippen molar-refractivity contribution < 1.29 is 21.9 Å². The molecule has 150 valence electrons. The molecule has 1 aromatic heterocycles. The van der Waals surface area contributed by atoms with E-state index in [4.69, 9.17) is 16.3 Å². The third kappa shape index (κ3) is 4.79. The summed E-state index contributed by atoms with van der Waals surface area (Å²) in [6, 6.07) is 11.4. The SMILES string of the molecule is COc1ccc2c(c1)c(CC(F)(F)SCc1ccc(Cl)cc1)cn2S(C)(=O)=O. The van der Waals surface area contributed by atoms with Crippen LogP contribution in [-0.2, 0) is 22.2 Å². The molecule has 28 heavy (non-hydrogen) atoms. The normalized spacial score (nSPS) is 12.5. The van der Waals surface area contributed by atoms with Crippen molar-refractivity contribution in [2.24, 2.45) is 0 Å². The van der Waals surface area contributed by atoms with Gasteiger partial charge in [-0.25, -0.2) is 12.4 Å². The van der Waals surface area contributed by atoms with Crippen LogP contribution in [0.4, 0.5) is 8.78 Å². The zero-order chi connectivity index (χ0) is 20.5.